The molecule has 1 atom stereocenters. The van der Waals surface area contributed by atoms with E-state index in [4.69, 9.17) is 9.41 Å². The maximum absolute atomic E-state index is 5.76. The molecule has 188 valence electrons. The number of rotatable bonds is 8. The lowest BCUT2D eigenvalue weighted by atomic mass is 9.97. The van der Waals surface area contributed by atoms with E-state index >= 15 is 0 Å². The number of nitrogens with one attached hydrogen (secondary N) is 2. The summed E-state index contributed by atoms with van der Waals surface area (Å²) in [5, 5.41) is 7.20. The lowest BCUT2D eigenvalue weighted by Crippen LogP contribution is -2.45. The number of hydrogen-bond acceptors (Lipinski definition) is 5. The van der Waals surface area contributed by atoms with Crippen LogP contribution in [0.2, 0.25) is 0 Å². The van der Waals surface area contributed by atoms with Gasteiger partial charge in [0, 0.05) is 38.8 Å². The molecule has 0 amide bonds. The van der Waals surface area contributed by atoms with E-state index in [2.05, 4.69) is 32.3 Å². The third kappa shape index (κ3) is 8.09. The number of halogens is 1. The average Bonchev–Trinajstić information content (AvgIpc) is 3.51. The minimum Gasteiger partial charge on any atom is -0.444 e. The van der Waals surface area contributed by atoms with Crippen molar-refractivity contribution in [1.29, 1.82) is 0 Å². The van der Waals surface area contributed by atoms with Crippen LogP contribution >= 0.6 is 24.0 Å². The van der Waals surface area contributed by atoms with E-state index in [1.54, 1.807) is 0 Å². The number of piperidine rings is 1. The number of oxazole rings is 1. The van der Waals surface area contributed by atoms with E-state index < -0.39 is 0 Å². The maximum Gasteiger partial charge on any atom is 0.208 e. The summed E-state index contributed by atoms with van der Waals surface area (Å²) in [6.07, 6.45) is 9.38. The second-order valence-electron chi connectivity index (χ2n) is 10.2. The molecule has 3 aliphatic rings. The molecule has 33 heavy (non-hydrogen) atoms. The monoisotopic (exact) mass is 572 g/mol. The Morgan fingerprint density at radius 2 is 1.76 bits per heavy atom. The first-order chi connectivity index (χ1) is 15.6. The van der Waals surface area contributed by atoms with Gasteiger partial charge in [0.15, 0.2) is 5.96 Å². The van der Waals surface area contributed by atoms with Crippen LogP contribution in [0.1, 0.15) is 69.2 Å². The molecule has 1 aliphatic carbocycles. The van der Waals surface area contributed by atoms with Crippen molar-refractivity contribution in [2.75, 3.05) is 45.8 Å². The Balaban J connectivity index is 0.00000306. The first-order valence-corrected chi connectivity index (χ1v) is 13.0. The van der Waals surface area contributed by atoms with E-state index in [0.717, 1.165) is 61.9 Å². The number of hydrogen-bond donors (Lipinski definition) is 2. The average molecular weight is 573 g/mol. The highest BCUT2D eigenvalue weighted by atomic mass is 127. The van der Waals surface area contributed by atoms with Crippen LogP contribution < -0.4 is 10.6 Å². The largest absolute Gasteiger partial charge is 0.444 e. The first kappa shape index (κ1) is 26.7. The number of aryl methyl sites for hydroxylation is 2. The molecule has 1 unspecified atom stereocenters. The molecule has 1 saturated carbocycles. The number of guanidine groups is 1. The van der Waals surface area contributed by atoms with Crippen LogP contribution in [0.15, 0.2) is 9.41 Å². The third-order valence-corrected chi connectivity index (χ3v) is 7.60. The Bertz CT molecular complexity index is 720. The van der Waals surface area contributed by atoms with Crippen molar-refractivity contribution in [2.45, 2.75) is 78.3 Å². The van der Waals surface area contributed by atoms with Gasteiger partial charge in [0.25, 0.3) is 0 Å². The van der Waals surface area contributed by atoms with Gasteiger partial charge < -0.3 is 20.0 Å². The van der Waals surface area contributed by atoms with E-state index in [0.29, 0.717) is 12.0 Å². The number of aliphatic imine (C=N–C) groups is 1. The van der Waals surface area contributed by atoms with Crippen LogP contribution in [-0.2, 0) is 6.54 Å². The lowest BCUT2D eigenvalue weighted by Gasteiger charge is -2.30. The van der Waals surface area contributed by atoms with Crippen molar-refractivity contribution in [3.63, 3.8) is 0 Å². The predicted octanol–water partition coefficient (Wildman–Crippen LogP) is 3.94. The van der Waals surface area contributed by atoms with Crippen molar-refractivity contribution in [3.05, 3.63) is 17.3 Å². The van der Waals surface area contributed by atoms with Gasteiger partial charge in [0.05, 0.1) is 12.2 Å². The van der Waals surface area contributed by atoms with Crippen LogP contribution in [0.3, 0.4) is 0 Å². The maximum atomic E-state index is 5.76. The van der Waals surface area contributed by atoms with Crippen molar-refractivity contribution in [2.24, 2.45) is 16.8 Å². The second-order valence-corrected chi connectivity index (χ2v) is 10.2. The molecule has 1 aromatic heterocycles. The first-order valence-electron chi connectivity index (χ1n) is 13.0. The number of nitrogens with zero attached hydrogens (tertiary/aromatic N) is 4. The molecule has 8 heteroatoms. The number of aromatic nitrogens is 1. The molecule has 3 fully saturated rings. The summed E-state index contributed by atoms with van der Waals surface area (Å²) < 4.78 is 5.76. The second kappa shape index (κ2) is 13.3. The summed E-state index contributed by atoms with van der Waals surface area (Å²) >= 11 is 0. The zero-order valence-electron chi connectivity index (χ0n) is 20.9. The van der Waals surface area contributed by atoms with Gasteiger partial charge in [-0.2, -0.15) is 0 Å². The van der Waals surface area contributed by atoms with Crippen molar-refractivity contribution < 1.29 is 4.42 Å². The summed E-state index contributed by atoms with van der Waals surface area (Å²) in [7, 11) is 0. The minimum absolute atomic E-state index is 0. The molecule has 0 aromatic carbocycles. The SMILES string of the molecule is CCNC(=NCC1CCN(Cc2nc(C)c(C)o2)CC1)NC1CCN(CC2CCCC2)C1.I. The quantitative estimate of drug-likeness (QED) is 0.280. The summed E-state index contributed by atoms with van der Waals surface area (Å²) in [6.45, 7) is 14.7. The highest BCUT2D eigenvalue weighted by Crippen LogP contribution is 2.26. The van der Waals surface area contributed by atoms with Gasteiger partial charge in [-0.05, 0) is 77.8 Å². The van der Waals surface area contributed by atoms with Gasteiger partial charge in [0.1, 0.15) is 5.76 Å². The molecular weight excluding hydrogens is 527 g/mol. The number of likely N-dealkylation sites (tertiary alicyclic amines) is 2. The third-order valence-electron chi connectivity index (χ3n) is 7.60. The van der Waals surface area contributed by atoms with E-state index in [-0.39, 0.29) is 24.0 Å². The lowest BCUT2D eigenvalue weighted by molar-refractivity contribution is 0.166. The molecule has 1 aromatic rings. The Hall–Kier alpha value is -0.870. The molecule has 0 radical (unpaired) electrons. The van der Waals surface area contributed by atoms with Crippen molar-refractivity contribution in [3.8, 4) is 0 Å². The molecular formula is C25H45IN6O. The minimum atomic E-state index is 0. The van der Waals surface area contributed by atoms with E-state index in [9.17, 15) is 0 Å². The van der Waals surface area contributed by atoms with Crippen LogP contribution in [0.4, 0.5) is 0 Å². The van der Waals surface area contributed by atoms with Crippen LogP contribution in [-0.4, -0.2) is 72.6 Å². The topological polar surface area (TPSA) is 68.9 Å². The smallest absolute Gasteiger partial charge is 0.208 e. The van der Waals surface area contributed by atoms with Crippen LogP contribution in [0.25, 0.3) is 0 Å². The highest BCUT2D eigenvalue weighted by molar-refractivity contribution is 14.0. The Morgan fingerprint density at radius 3 is 2.42 bits per heavy atom. The van der Waals surface area contributed by atoms with Gasteiger partial charge in [-0.1, -0.05) is 12.8 Å². The summed E-state index contributed by atoms with van der Waals surface area (Å²) in [4.78, 5) is 14.6. The van der Waals surface area contributed by atoms with Gasteiger partial charge >= 0.3 is 0 Å². The molecule has 0 spiro atoms. The molecule has 0 bridgehead atoms. The van der Waals surface area contributed by atoms with E-state index in [1.807, 2.05) is 13.8 Å². The molecule has 2 N–H and O–H groups in total. The van der Waals surface area contributed by atoms with E-state index in [1.165, 1.54) is 64.6 Å². The van der Waals surface area contributed by atoms with Crippen LogP contribution in [0.5, 0.6) is 0 Å². The van der Waals surface area contributed by atoms with Crippen molar-refractivity contribution >= 4 is 29.9 Å². The van der Waals surface area contributed by atoms with Crippen molar-refractivity contribution in [1.82, 2.24) is 25.4 Å². The molecule has 2 saturated heterocycles. The van der Waals surface area contributed by atoms with Gasteiger partial charge in [-0.3, -0.25) is 9.89 Å². The molecule has 7 nitrogen and oxygen atoms in total. The fourth-order valence-corrected chi connectivity index (χ4v) is 5.53. The van der Waals surface area contributed by atoms with Crippen LogP contribution in [0, 0.1) is 25.7 Å². The predicted molar refractivity (Wildman–Crippen MR) is 145 cm³/mol. The molecule has 3 heterocycles. The highest BCUT2D eigenvalue weighted by Gasteiger charge is 2.27. The normalized spacial score (nSPS) is 23.7. The Kier molecular flexibility index (Phi) is 10.8. The Labute approximate surface area is 217 Å². The summed E-state index contributed by atoms with van der Waals surface area (Å²) in [5.74, 6) is 4.41. The van der Waals surface area contributed by atoms with Gasteiger partial charge in [0.2, 0.25) is 5.89 Å². The summed E-state index contributed by atoms with van der Waals surface area (Å²) in [5.41, 5.74) is 1.01. The molecule has 2 aliphatic heterocycles. The zero-order chi connectivity index (χ0) is 22.3. The zero-order valence-corrected chi connectivity index (χ0v) is 23.3. The summed E-state index contributed by atoms with van der Waals surface area (Å²) in [6, 6.07) is 0.531. The Morgan fingerprint density at radius 1 is 1.03 bits per heavy atom. The standard InChI is InChI=1S/C25H44N6O.HI/c1-4-26-25(29-23-11-14-31(17-23)16-22-7-5-6-8-22)27-15-21-9-12-30(13-10-21)18-24-28-19(2)20(3)32-24;/h21-23H,4-18H2,1-3H3,(H2,26,27,29);1H. The van der Waals surface area contributed by atoms with Gasteiger partial charge in [-0.15, -0.1) is 24.0 Å². The fraction of sp³-hybridized carbons (Fsp3) is 0.840. The van der Waals surface area contributed by atoms with Gasteiger partial charge in [-0.25, -0.2) is 4.98 Å². The fourth-order valence-electron chi connectivity index (χ4n) is 5.53. The molecule has 4 rings (SSSR count).